The van der Waals surface area contributed by atoms with Crippen LogP contribution in [0.4, 0.5) is 13.2 Å². The molecular weight excluding hydrogens is 329 g/mol. The summed E-state index contributed by atoms with van der Waals surface area (Å²) in [6.45, 7) is 6.46. The Balaban J connectivity index is 2.27. The van der Waals surface area contributed by atoms with Crippen LogP contribution in [-0.4, -0.2) is 18.3 Å². The van der Waals surface area contributed by atoms with Crippen LogP contribution in [0.1, 0.15) is 5.56 Å². The van der Waals surface area contributed by atoms with E-state index in [0.29, 0.717) is 0 Å². The third-order valence-corrected chi connectivity index (χ3v) is 5.65. The predicted octanol–water partition coefficient (Wildman–Crippen LogP) is 4.86. The number of benzene rings is 2. The van der Waals surface area contributed by atoms with Crippen molar-refractivity contribution in [2.45, 2.75) is 25.8 Å². The average Bonchev–Trinajstić information content (AvgIpc) is 2.52. The van der Waals surface area contributed by atoms with Gasteiger partial charge in [0, 0.05) is 10.9 Å². The molecule has 0 saturated carbocycles. The van der Waals surface area contributed by atoms with Crippen molar-refractivity contribution in [2.24, 2.45) is 0 Å². The van der Waals surface area contributed by atoms with E-state index in [4.69, 9.17) is 0 Å². The molecule has 1 heterocycles. The van der Waals surface area contributed by atoms with Crippen LogP contribution in [0.2, 0.25) is 19.6 Å². The molecule has 0 aliphatic heterocycles. The highest BCUT2D eigenvalue weighted by molar-refractivity contribution is 6.89. The van der Waals surface area contributed by atoms with E-state index < -0.39 is 19.8 Å². The highest BCUT2D eigenvalue weighted by Crippen LogP contribution is 2.32. The molecule has 24 heavy (non-hydrogen) atoms. The molecule has 1 aromatic heterocycles. The molecule has 6 heteroatoms. The molecule has 0 fully saturated rings. The van der Waals surface area contributed by atoms with E-state index in [1.807, 2.05) is 24.3 Å². The second-order valence-electron chi connectivity index (χ2n) is 6.77. The van der Waals surface area contributed by atoms with Crippen molar-refractivity contribution in [3.8, 4) is 11.1 Å². The van der Waals surface area contributed by atoms with Gasteiger partial charge >= 0.3 is 6.18 Å². The van der Waals surface area contributed by atoms with Crippen LogP contribution in [-0.2, 0) is 6.18 Å². The van der Waals surface area contributed by atoms with Crippen molar-refractivity contribution in [2.75, 3.05) is 0 Å². The molecule has 3 rings (SSSR count). The molecule has 0 atom stereocenters. The predicted molar refractivity (Wildman–Crippen MR) is 93.0 cm³/mol. The van der Waals surface area contributed by atoms with E-state index in [2.05, 4.69) is 29.8 Å². The molecule has 0 unspecified atom stereocenters. The van der Waals surface area contributed by atoms with Gasteiger partial charge in [-0.2, -0.15) is 23.4 Å². The summed E-state index contributed by atoms with van der Waals surface area (Å²) < 4.78 is 38.5. The molecular formula is C18H17F3N2Si. The van der Waals surface area contributed by atoms with Gasteiger partial charge in [-0.1, -0.05) is 50.0 Å². The lowest BCUT2D eigenvalue weighted by molar-refractivity contribution is -0.137. The van der Waals surface area contributed by atoms with Gasteiger partial charge in [0.2, 0.25) is 0 Å². The Labute approximate surface area is 139 Å². The first-order chi connectivity index (χ1) is 11.2. The van der Waals surface area contributed by atoms with Gasteiger partial charge in [0.1, 0.15) is 8.07 Å². The Morgan fingerprint density at radius 1 is 0.833 bits per heavy atom. The SMILES string of the molecule is C[Si](C)(C)c1nnc2ccccc2c1-c1ccc(C(F)(F)F)cc1. The van der Waals surface area contributed by atoms with Crippen LogP contribution < -0.4 is 5.32 Å². The molecule has 2 aromatic carbocycles. The van der Waals surface area contributed by atoms with Gasteiger partial charge in [0.15, 0.2) is 0 Å². The highest BCUT2D eigenvalue weighted by Gasteiger charge is 2.31. The molecule has 0 aliphatic carbocycles. The second-order valence-corrected chi connectivity index (χ2v) is 11.7. The minimum Gasteiger partial charge on any atom is -0.166 e. The summed E-state index contributed by atoms with van der Waals surface area (Å²) in [5.41, 5.74) is 1.74. The van der Waals surface area contributed by atoms with Gasteiger partial charge in [-0.3, -0.25) is 0 Å². The van der Waals surface area contributed by atoms with E-state index >= 15 is 0 Å². The molecule has 0 aliphatic rings. The number of alkyl halides is 3. The van der Waals surface area contributed by atoms with Gasteiger partial charge in [-0.15, -0.1) is 0 Å². The summed E-state index contributed by atoms with van der Waals surface area (Å²) in [7, 11) is -1.82. The van der Waals surface area contributed by atoms with Gasteiger partial charge < -0.3 is 0 Å². The van der Waals surface area contributed by atoms with Gasteiger partial charge in [0.05, 0.1) is 16.4 Å². The summed E-state index contributed by atoms with van der Waals surface area (Å²) in [5.74, 6) is 0. The zero-order valence-electron chi connectivity index (χ0n) is 13.6. The topological polar surface area (TPSA) is 25.8 Å². The zero-order chi connectivity index (χ0) is 17.5. The number of nitrogens with zero attached hydrogens (tertiary/aromatic N) is 2. The summed E-state index contributed by atoms with van der Waals surface area (Å²) in [4.78, 5) is 0. The van der Waals surface area contributed by atoms with E-state index in [1.54, 1.807) is 0 Å². The molecule has 0 amide bonds. The highest BCUT2D eigenvalue weighted by atomic mass is 28.3. The number of aromatic nitrogens is 2. The quantitative estimate of drug-likeness (QED) is 0.619. The lowest BCUT2D eigenvalue weighted by Crippen LogP contribution is -2.42. The van der Waals surface area contributed by atoms with E-state index in [-0.39, 0.29) is 0 Å². The van der Waals surface area contributed by atoms with Crippen LogP contribution in [0.25, 0.3) is 22.0 Å². The molecule has 0 N–H and O–H groups in total. The smallest absolute Gasteiger partial charge is 0.166 e. The lowest BCUT2D eigenvalue weighted by Gasteiger charge is -2.20. The molecule has 0 spiro atoms. The van der Waals surface area contributed by atoms with Crippen LogP contribution >= 0.6 is 0 Å². The van der Waals surface area contributed by atoms with Crippen molar-refractivity contribution in [1.82, 2.24) is 10.2 Å². The van der Waals surface area contributed by atoms with E-state index in [1.165, 1.54) is 12.1 Å². The number of hydrogen-bond donors (Lipinski definition) is 0. The molecule has 124 valence electrons. The fourth-order valence-electron chi connectivity index (χ4n) is 2.70. The second kappa shape index (κ2) is 5.70. The van der Waals surface area contributed by atoms with Crippen molar-refractivity contribution in [1.29, 1.82) is 0 Å². The van der Waals surface area contributed by atoms with Gasteiger partial charge in [-0.05, 0) is 23.8 Å². The Kier molecular flexibility index (Phi) is 3.95. The largest absolute Gasteiger partial charge is 0.416 e. The maximum atomic E-state index is 12.8. The Hall–Kier alpha value is -2.21. The molecule has 0 bridgehead atoms. The van der Waals surface area contributed by atoms with Crippen molar-refractivity contribution < 1.29 is 13.2 Å². The van der Waals surface area contributed by atoms with Crippen molar-refractivity contribution >= 4 is 24.3 Å². The third kappa shape index (κ3) is 3.06. The third-order valence-electron chi connectivity index (χ3n) is 3.88. The molecule has 2 nitrogen and oxygen atoms in total. The molecule has 0 radical (unpaired) electrons. The minimum atomic E-state index is -4.33. The van der Waals surface area contributed by atoms with Crippen LogP contribution in [0.5, 0.6) is 0 Å². The van der Waals surface area contributed by atoms with E-state index in [0.717, 1.165) is 39.5 Å². The number of fused-ring (bicyclic) bond motifs is 1. The monoisotopic (exact) mass is 346 g/mol. The molecule has 3 aromatic rings. The van der Waals surface area contributed by atoms with Gasteiger partial charge in [-0.25, -0.2) is 0 Å². The first-order valence-corrected chi connectivity index (χ1v) is 11.1. The van der Waals surface area contributed by atoms with E-state index in [9.17, 15) is 13.2 Å². The van der Waals surface area contributed by atoms with Crippen molar-refractivity contribution in [3.63, 3.8) is 0 Å². The number of halogens is 3. The first kappa shape index (κ1) is 16.6. The fraction of sp³-hybridized carbons (Fsp3) is 0.222. The zero-order valence-corrected chi connectivity index (χ0v) is 14.6. The Morgan fingerprint density at radius 3 is 2.04 bits per heavy atom. The van der Waals surface area contributed by atoms with Crippen LogP contribution in [0, 0.1) is 0 Å². The lowest BCUT2D eigenvalue weighted by atomic mass is 10.0. The Morgan fingerprint density at radius 2 is 1.46 bits per heavy atom. The Bertz CT molecular complexity index is 881. The summed E-state index contributed by atoms with van der Waals surface area (Å²) in [5, 5.41) is 10.5. The van der Waals surface area contributed by atoms with Crippen LogP contribution in [0.15, 0.2) is 48.5 Å². The minimum absolute atomic E-state index is 0.646. The normalized spacial score (nSPS) is 12.6. The maximum Gasteiger partial charge on any atom is 0.416 e. The standard InChI is InChI=1S/C18H17F3N2Si/c1-24(2,3)17-16(14-6-4-5-7-15(14)22-23-17)12-8-10-13(11-9-12)18(19,20)21/h4-11H,1-3H3. The summed E-state index contributed by atoms with van der Waals surface area (Å²) in [6.07, 6.45) is -4.33. The van der Waals surface area contributed by atoms with Crippen LogP contribution in [0.3, 0.4) is 0 Å². The molecule has 0 saturated heterocycles. The average molecular weight is 346 g/mol. The number of hydrogen-bond acceptors (Lipinski definition) is 2. The van der Waals surface area contributed by atoms with Crippen molar-refractivity contribution in [3.05, 3.63) is 54.1 Å². The number of rotatable bonds is 2. The summed E-state index contributed by atoms with van der Waals surface area (Å²) in [6, 6.07) is 12.9. The first-order valence-electron chi connectivity index (χ1n) is 7.61. The maximum absolute atomic E-state index is 12.8. The summed E-state index contributed by atoms with van der Waals surface area (Å²) >= 11 is 0. The fourth-order valence-corrected chi connectivity index (χ4v) is 4.08. The van der Waals surface area contributed by atoms with Gasteiger partial charge in [0.25, 0.3) is 0 Å².